The molecule has 18 heavy (non-hydrogen) atoms. The fourth-order valence-corrected chi connectivity index (χ4v) is 2.81. The quantitative estimate of drug-likeness (QED) is 0.311. The number of nitrogens with one attached hydrogen (secondary N) is 1. The van der Waals surface area contributed by atoms with Crippen LogP contribution in [0.25, 0.3) is 0 Å². The van der Waals surface area contributed by atoms with Gasteiger partial charge in [-0.1, -0.05) is 38.7 Å². The second-order valence-electron chi connectivity index (χ2n) is 4.48. The van der Waals surface area contributed by atoms with Crippen LogP contribution >= 0.6 is 11.8 Å². The zero-order valence-corrected chi connectivity index (χ0v) is 11.8. The summed E-state index contributed by atoms with van der Waals surface area (Å²) in [4.78, 5) is 0.962. The Hall–Kier alpha value is -0.580. The van der Waals surface area contributed by atoms with Crippen molar-refractivity contribution >= 4 is 11.8 Å². The molecule has 0 fully saturated rings. The lowest BCUT2D eigenvalue weighted by atomic mass is 10.1. The van der Waals surface area contributed by atoms with Crippen molar-refractivity contribution in [2.24, 2.45) is 5.84 Å². The molecule has 1 atom stereocenters. The Morgan fingerprint density at radius 1 is 1.33 bits per heavy atom. The molecule has 0 amide bonds. The van der Waals surface area contributed by atoms with Crippen molar-refractivity contribution in [3.05, 3.63) is 30.1 Å². The number of hydrazine groups is 1. The highest BCUT2D eigenvalue weighted by atomic mass is 32.2. The van der Waals surface area contributed by atoms with Gasteiger partial charge in [-0.05, 0) is 24.6 Å². The molecule has 102 valence electrons. The first-order valence-corrected chi connectivity index (χ1v) is 7.59. The van der Waals surface area contributed by atoms with E-state index in [4.69, 9.17) is 5.84 Å². The lowest BCUT2D eigenvalue weighted by Gasteiger charge is -2.15. The third-order valence-corrected chi connectivity index (χ3v) is 4.05. The molecule has 0 radical (unpaired) electrons. The van der Waals surface area contributed by atoms with E-state index in [1.54, 1.807) is 23.9 Å². The summed E-state index contributed by atoms with van der Waals surface area (Å²) in [7, 11) is 0. The molecule has 1 unspecified atom stereocenters. The van der Waals surface area contributed by atoms with Gasteiger partial charge in [0.1, 0.15) is 5.82 Å². The van der Waals surface area contributed by atoms with Gasteiger partial charge in [0.2, 0.25) is 0 Å². The van der Waals surface area contributed by atoms with E-state index in [2.05, 4.69) is 12.3 Å². The predicted octanol–water partition coefficient (Wildman–Crippen LogP) is 3.72. The highest BCUT2D eigenvalue weighted by Gasteiger charge is 2.07. The van der Waals surface area contributed by atoms with Crippen LogP contribution in [-0.2, 0) is 0 Å². The number of nitrogens with two attached hydrogens (primary N) is 1. The summed E-state index contributed by atoms with van der Waals surface area (Å²) in [5, 5.41) is 0. The summed E-state index contributed by atoms with van der Waals surface area (Å²) in [6.45, 7) is 2.21. The lowest BCUT2D eigenvalue weighted by Crippen LogP contribution is -2.36. The number of halogens is 1. The van der Waals surface area contributed by atoms with Crippen LogP contribution in [0.15, 0.2) is 29.2 Å². The van der Waals surface area contributed by atoms with Gasteiger partial charge in [-0.15, -0.1) is 11.8 Å². The second-order valence-corrected chi connectivity index (χ2v) is 5.57. The van der Waals surface area contributed by atoms with E-state index in [1.807, 2.05) is 6.07 Å². The van der Waals surface area contributed by atoms with E-state index in [0.717, 1.165) is 17.1 Å². The highest BCUT2D eigenvalue weighted by Crippen LogP contribution is 2.20. The van der Waals surface area contributed by atoms with Crippen molar-refractivity contribution < 1.29 is 4.39 Å². The minimum absolute atomic E-state index is 0.180. The van der Waals surface area contributed by atoms with Gasteiger partial charge in [0.15, 0.2) is 0 Å². The summed E-state index contributed by atoms with van der Waals surface area (Å²) in [6, 6.07) is 7.00. The van der Waals surface area contributed by atoms with Gasteiger partial charge in [-0.2, -0.15) is 0 Å². The van der Waals surface area contributed by atoms with Crippen LogP contribution in [0.4, 0.5) is 4.39 Å². The monoisotopic (exact) mass is 270 g/mol. The molecule has 0 saturated carbocycles. The molecule has 0 saturated heterocycles. The maximum absolute atomic E-state index is 13.0. The first kappa shape index (κ1) is 15.5. The van der Waals surface area contributed by atoms with Crippen LogP contribution in [0.1, 0.15) is 39.0 Å². The molecule has 4 heteroatoms. The number of thioether (sulfide) groups is 1. The average Bonchev–Trinajstić information content (AvgIpc) is 2.38. The van der Waals surface area contributed by atoms with Crippen molar-refractivity contribution in [2.45, 2.75) is 50.0 Å². The minimum atomic E-state index is -0.180. The number of rotatable bonds is 9. The Morgan fingerprint density at radius 2 is 2.17 bits per heavy atom. The van der Waals surface area contributed by atoms with Crippen molar-refractivity contribution in [3.63, 3.8) is 0 Å². The van der Waals surface area contributed by atoms with Crippen LogP contribution < -0.4 is 11.3 Å². The van der Waals surface area contributed by atoms with Crippen molar-refractivity contribution in [1.82, 2.24) is 5.43 Å². The lowest BCUT2D eigenvalue weighted by molar-refractivity contribution is 0.501. The van der Waals surface area contributed by atoms with Crippen molar-refractivity contribution in [3.8, 4) is 0 Å². The first-order chi connectivity index (χ1) is 8.76. The molecule has 0 aliphatic heterocycles. The Kier molecular flexibility index (Phi) is 8.05. The summed E-state index contributed by atoms with van der Waals surface area (Å²) in [5.74, 6) is 6.24. The maximum atomic E-state index is 13.0. The molecule has 1 rings (SSSR count). The van der Waals surface area contributed by atoms with Crippen LogP contribution in [0, 0.1) is 5.82 Å². The SMILES string of the molecule is CCCCCCC(CSc1cccc(F)c1)NN. The Balaban J connectivity index is 2.26. The molecule has 0 aliphatic rings. The zero-order valence-electron chi connectivity index (χ0n) is 11.0. The molecule has 0 spiro atoms. The molecule has 2 nitrogen and oxygen atoms in total. The van der Waals surface area contributed by atoms with E-state index in [-0.39, 0.29) is 5.82 Å². The van der Waals surface area contributed by atoms with Crippen LogP contribution in [0.2, 0.25) is 0 Å². The number of benzene rings is 1. The standard InChI is InChI=1S/C14H23FN2S/c1-2-3-4-5-8-13(17-16)11-18-14-9-6-7-12(15)10-14/h6-7,9-10,13,17H,2-5,8,11,16H2,1H3. The Morgan fingerprint density at radius 3 is 2.83 bits per heavy atom. The molecule has 0 aromatic heterocycles. The maximum Gasteiger partial charge on any atom is 0.124 e. The largest absolute Gasteiger partial charge is 0.271 e. The van der Waals surface area contributed by atoms with Gasteiger partial charge < -0.3 is 0 Å². The summed E-state index contributed by atoms with van der Waals surface area (Å²) >= 11 is 1.65. The van der Waals surface area contributed by atoms with Gasteiger partial charge in [-0.25, -0.2) is 4.39 Å². The fraction of sp³-hybridized carbons (Fsp3) is 0.571. The summed E-state index contributed by atoms with van der Waals surface area (Å²) < 4.78 is 13.0. The van der Waals surface area contributed by atoms with Crippen molar-refractivity contribution in [1.29, 1.82) is 0 Å². The van der Waals surface area contributed by atoms with E-state index < -0.39 is 0 Å². The first-order valence-electron chi connectivity index (χ1n) is 6.60. The predicted molar refractivity (Wildman–Crippen MR) is 77.0 cm³/mol. The molecule has 1 aromatic rings. The van der Waals surface area contributed by atoms with Crippen LogP contribution in [0.5, 0.6) is 0 Å². The zero-order chi connectivity index (χ0) is 13.2. The van der Waals surface area contributed by atoms with Gasteiger partial charge >= 0.3 is 0 Å². The number of hydrogen-bond acceptors (Lipinski definition) is 3. The second kappa shape index (κ2) is 9.36. The van der Waals surface area contributed by atoms with E-state index in [0.29, 0.717) is 6.04 Å². The third-order valence-electron chi connectivity index (χ3n) is 2.89. The smallest absolute Gasteiger partial charge is 0.124 e. The number of hydrogen-bond donors (Lipinski definition) is 2. The summed E-state index contributed by atoms with van der Waals surface area (Å²) in [5.41, 5.74) is 2.85. The average molecular weight is 270 g/mol. The van der Waals surface area contributed by atoms with E-state index in [1.165, 1.54) is 31.7 Å². The van der Waals surface area contributed by atoms with Crippen LogP contribution in [0.3, 0.4) is 0 Å². The van der Waals surface area contributed by atoms with E-state index in [9.17, 15) is 4.39 Å². The molecular weight excluding hydrogens is 247 g/mol. The molecule has 0 heterocycles. The highest BCUT2D eigenvalue weighted by molar-refractivity contribution is 7.99. The van der Waals surface area contributed by atoms with Gasteiger partial charge in [0.05, 0.1) is 0 Å². The molecule has 1 aromatic carbocycles. The Labute approximate surface area is 113 Å². The van der Waals surface area contributed by atoms with Gasteiger partial charge in [0.25, 0.3) is 0 Å². The van der Waals surface area contributed by atoms with Gasteiger partial charge in [-0.3, -0.25) is 11.3 Å². The molecular formula is C14H23FN2S. The third kappa shape index (κ3) is 6.38. The summed E-state index contributed by atoms with van der Waals surface area (Å²) in [6.07, 6.45) is 6.08. The fourth-order valence-electron chi connectivity index (χ4n) is 1.79. The normalized spacial score (nSPS) is 12.6. The van der Waals surface area contributed by atoms with Crippen molar-refractivity contribution in [2.75, 3.05) is 5.75 Å². The van der Waals surface area contributed by atoms with E-state index >= 15 is 0 Å². The van der Waals surface area contributed by atoms with Crippen LogP contribution in [-0.4, -0.2) is 11.8 Å². The molecule has 0 bridgehead atoms. The topological polar surface area (TPSA) is 38.0 Å². The minimum Gasteiger partial charge on any atom is -0.271 e. The molecule has 3 N–H and O–H groups in total. The van der Waals surface area contributed by atoms with Gasteiger partial charge in [0, 0.05) is 16.7 Å². The molecule has 0 aliphatic carbocycles. The Bertz CT molecular complexity index is 333. The number of unbranched alkanes of at least 4 members (excludes halogenated alkanes) is 3.